The molecule has 0 amide bonds. The van der Waals surface area contributed by atoms with Crippen molar-refractivity contribution in [3.8, 4) is 11.3 Å². The second-order valence-corrected chi connectivity index (χ2v) is 16.6. The summed E-state index contributed by atoms with van der Waals surface area (Å²) in [6, 6.07) is 21.3. The van der Waals surface area contributed by atoms with Crippen molar-refractivity contribution in [2.75, 3.05) is 0 Å². The molecule has 261 valence electrons. The van der Waals surface area contributed by atoms with Crippen LogP contribution >= 0.6 is 22.7 Å². The number of fused-ring (bicyclic) bond motifs is 6. The number of nitrogens with zero attached hydrogens (tertiary/aromatic N) is 1. The van der Waals surface area contributed by atoms with Crippen LogP contribution in [0.3, 0.4) is 0 Å². The van der Waals surface area contributed by atoms with Crippen LogP contribution in [0, 0.1) is 23.8 Å². The summed E-state index contributed by atoms with van der Waals surface area (Å²) in [7, 11) is 0. The van der Waals surface area contributed by atoms with E-state index in [1.807, 2.05) is 70.4 Å². The van der Waals surface area contributed by atoms with Gasteiger partial charge in [-0.25, -0.2) is 0 Å². The van der Waals surface area contributed by atoms with Gasteiger partial charge in [0.15, 0.2) is 5.78 Å². The molecule has 6 rings (SSSR count). The fraction of sp³-hybridized carbons (Fsp3) is 0.395. The second-order valence-electron chi connectivity index (χ2n) is 14.7. The molecular formula is C43H50IrNO2S2-. The fourth-order valence-corrected chi connectivity index (χ4v) is 8.65. The van der Waals surface area contributed by atoms with E-state index < -0.39 is 0 Å². The van der Waals surface area contributed by atoms with Gasteiger partial charge in [-0.1, -0.05) is 97.5 Å². The minimum Gasteiger partial charge on any atom is -0.512 e. The molecule has 3 heterocycles. The van der Waals surface area contributed by atoms with E-state index in [4.69, 9.17) is 4.98 Å². The molecule has 6 aromatic rings. The van der Waals surface area contributed by atoms with E-state index in [1.54, 1.807) is 0 Å². The van der Waals surface area contributed by atoms with Gasteiger partial charge in [-0.15, -0.1) is 51.8 Å². The molecule has 0 spiro atoms. The van der Waals surface area contributed by atoms with Crippen LogP contribution in [0.4, 0.5) is 0 Å². The Kier molecular flexibility index (Phi) is 12.0. The number of aryl methyl sites for hydroxylation is 1. The Balaban J connectivity index is 0.000000260. The summed E-state index contributed by atoms with van der Waals surface area (Å²) in [5.41, 5.74) is 4.25. The van der Waals surface area contributed by atoms with Gasteiger partial charge < -0.3 is 5.11 Å². The van der Waals surface area contributed by atoms with Crippen molar-refractivity contribution in [3.63, 3.8) is 0 Å². The number of carbonyl (C=O) groups excluding carboxylic acids is 1. The Labute approximate surface area is 314 Å². The standard InChI is InChI=1S/C28H22NS2.C15H28O2.Ir/c1-16-15-30-26-19(16)9-10-23-24(26)21-11-12-29-25(27(21)31-23)18-13-17-7-5-6-8-20(17)22(14-18)28(2,3)4;1-7-14(5,8-2)12(16)11-13(17)15(6,9-3)10-4;/h5-12,14-15H,1-4H3;11,16H,7-10H2,1-6H3;/q-1;;/b;12-11-;. The molecule has 1 N–H and O–H groups in total. The summed E-state index contributed by atoms with van der Waals surface area (Å²) >= 11 is 3.70. The zero-order valence-electron chi connectivity index (χ0n) is 30.6. The number of aromatic nitrogens is 1. The average molecular weight is 869 g/mol. The number of rotatable bonds is 8. The number of aliphatic hydroxyl groups is 1. The van der Waals surface area contributed by atoms with Crippen LogP contribution in [0.5, 0.6) is 0 Å². The Bertz CT molecular complexity index is 2140. The van der Waals surface area contributed by atoms with Gasteiger partial charge in [0.25, 0.3) is 0 Å². The number of thiophene rings is 2. The average Bonchev–Trinajstić information content (AvgIpc) is 3.66. The molecule has 6 heteroatoms. The first-order chi connectivity index (χ1) is 22.7. The predicted octanol–water partition coefficient (Wildman–Crippen LogP) is 13.5. The van der Waals surface area contributed by atoms with E-state index in [0.29, 0.717) is 0 Å². The van der Waals surface area contributed by atoms with Gasteiger partial charge in [0.05, 0.1) is 0 Å². The number of ketones is 1. The van der Waals surface area contributed by atoms with Crippen LogP contribution in [0.25, 0.3) is 52.3 Å². The zero-order valence-corrected chi connectivity index (χ0v) is 34.7. The maximum Gasteiger partial charge on any atom is 0.164 e. The minimum absolute atomic E-state index is 0. The third kappa shape index (κ3) is 7.45. The van der Waals surface area contributed by atoms with Crippen molar-refractivity contribution >= 4 is 69.5 Å². The number of hydrogen-bond donors (Lipinski definition) is 1. The Morgan fingerprint density at radius 2 is 1.51 bits per heavy atom. The molecule has 0 fully saturated rings. The molecule has 0 aliphatic heterocycles. The van der Waals surface area contributed by atoms with Gasteiger partial charge >= 0.3 is 0 Å². The van der Waals surface area contributed by atoms with Crippen LogP contribution in [-0.4, -0.2) is 15.9 Å². The minimum atomic E-state index is -0.337. The van der Waals surface area contributed by atoms with Crippen molar-refractivity contribution in [2.24, 2.45) is 10.8 Å². The maximum absolute atomic E-state index is 12.2. The Morgan fingerprint density at radius 1 is 0.857 bits per heavy atom. The number of benzene rings is 3. The zero-order chi connectivity index (χ0) is 35.0. The first kappa shape index (κ1) is 38.9. The third-order valence-electron chi connectivity index (χ3n) is 10.7. The molecule has 0 aliphatic carbocycles. The summed E-state index contributed by atoms with van der Waals surface area (Å²) in [5.74, 6) is 0.286. The number of hydrogen-bond acceptors (Lipinski definition) is 5. The van der Waals surface area contributed by atoms with Crippen LogP contribution in [0.1, 0.15) is 99.1 Å². The van der Waals surface area contributed by atoms with E-state index in [0.717, 1.165) is 42.3 Å². The molecule has 0 unspecified atom stereocenters. The summed E-state index contributed by atoms with van der Waals surface area (Å²) in [6.45, 7) is 21.1. The van der Waals surface area contributed by atoms with Gasteiger partial charge in [-0.2, -0.15) is 0 Å². The molecule has 0 aliphatic rings. The molecule has 3 aromatic heterocycles. The first-order valence-electron chi connectivity index (χ1n) is 17.3. The Hall–Kier alpha value is -2.89. The molecule has 1 radical (unpaired) electrons. The summed E-state index contributed by atoms with van der Waals surface area (Å²) < 4.78 is 3.97. The fourth-order valence-electron chi connectivity index (χ4n) is 6.26. The van der Waals surface area contributed by atoms with Gasteiger partial charge in [0.2, 0.25) is 0 Å². The van der Waals surface area contributed by atoms with Crippen molar-refractivity contribution < 1.29 is 30.0 Å². The van der Waals surface area contributed by atoms with E-state index in [1.165, 1.54) is 52.8 Å². The van der Waals surface area contributed by atoms with Gasteiger partial charge in [-0.05, 0) is 71.9 Å². The Morgan fingerprint density at radius 3 is 2.14 bits per heavy atom. The third-order valence-corrected chi connectivity index (χ3v) is 13.0. The largest absolute Gasteiger partial charge is 0.512 e. The summed E-state index contributed by atoms with van der Waals surface area (Å²) in [5, 5.41) is 18.9. The van der Waals surface area contributed by atoms with Crippen molar-refractivity contribution in [1.82, 2.24) is 4.98 Å². The topological polar surface area (TPSA) is 50.2 Å². The molecule has 0 saturated heterocycles. The first-order valence-corrected chi connectivity index (χ1v) is 19.0. The smallest absolute Gasteiger partial charge is 0.164 e. The summed E-state index contributed by atoms with van der Waals surface area (Å²) in [6.07, 6.45) is 6.72. The van der Waals surface area contributed by atoms with E-state index >= 15 is 0 Å². The van der Waals surface area contributed by atoms with Crippen molar-refractivity contribution in [1.29, 1.82) is 0 Å². The van der Waals surface area contributed by atoms with Crippen molar-refractivity contribution in [3.05, 3.63) is 89.1 Å². The van der Waals surface area contributed by atoms with E-state index in [9.17, 15) is 9.90 Å². The molecule has 0 atom stereocenters. The van der Waals surface area contributed by atoms with Gasteiger partial charge in [-0.3, -0.25) is 9.78 Å². The summed E-state index contributed by atoms with van der Waals surface area (Å²) in [4.78, 5) is 17.0. The van der Waals surface area contributed by atoms with E-state index in [-0.39, 0.29) is 47.9 Å². The predicted molar refractivity (Wildman–Crippen MR) is 211 cm³/mol. The van der Waals surface area contributed by atoms with Crippen LogP contribution in [-0.2, 0) is 30.3 Å². The van der Waals surface area contributed by atoms with Crippen LogP contribution in [0.2, 0.25) is 0 Å². The monoisotopic (exact) mass is 869 g/mol. The molecule has 3 nitrogen and oxygen atoms in total. The number of aliphatic hydroxyl groups excluding tert-OH is 1. The SMILES string of the molecule is CCC(C)(CC)C(=O)/C=C(\O)C(C)(CC)CC.Cc1csc2c1ccc1sc3c(-c4[c-]c5ccccc5c(C(C)(C)C)c4)nccc3c12.[Ir]. The number of pyridine rings is 1. The van der Waals surface area contributed by atoms with Gasteiger partial charge in [0.1, 0.15) is 5.76 Å². The number of allylic oxidation sites excluding steroid dienone is 2. The normalized spacial score (nSPS) is 12.7. The van der Waals surface area contributed by atoms with E-state index in [2.05, 4.69) is 87.7 Å². The molecule has 0 saturated carbocycles. The van der Waals surface area contributed by atoms with Crippen LogP contribution in [0.15, 0.2) is 71.9 Å². The maximum atomic E-state index is 12.2. The second kappa shape index (κ2) is 15.2. The van der Waals surface area contributed by atoms with Crippen LogP contribution < -0.4 is 0 Å². The number of carbonyl (C=O) groups is 1. The van der Waals surface area contributed by atoms with Crippen molar-refractivity contribution in [2.45, 2.75) is 100 Å². The molecule has 0 bridgehead atoms. The molecule has 49 heavy (non-hydrogen) atoms. The molecule has 3 aromatic carbocycles. The van der Waals surface area contributed by atoms with Gasteiger partial charge in [0, 0.05) is 68.4 Å². The quantitative estimate of drug-likeness (QED) is 0.0942. The molecular weight excluding hydrogens is 819 g/mol.